The first-order valence-electron chi connectivity index (χ1n) is 7.36. The first-order chi connectivity index (χ1) is 9.90. The van der Waals surface area contributed by atoms with Gasteiger partial charge in [-0.2, -0.15) is 0 Å². The van der Waals surface area contributed by atoms with E-state index in [-0.39, 0.29) is 17.5 Å². The molecule has 2 rings (SSSR count). The summed E-state index contributed by atoms with van der Waals surface area (Å²) in [6.07, 6.45) is 1.89. The summed E-state index contributed by atoms with van der Waals surface area (Å²) in [6.45, 7) is 6.35. The van der Waals surface area contributed by atoms with Crippen molar-refractivity contribution in [3.05, 3.63) is 34.1 Å². The third-order valence-corrected chi connectivity index (χ3v) is 4.75. The molecule has 0 aromatic heterocycles. The maximum atomic E-state index is 13.9. The summed E-state index contributed by atoms with van der Waals surface area (Å²) in [6, 6.07) is 5.31. The van der Waals surface area contributed by atoms with E-state index in [9.17, 15) is 9.18 Å². The van der Waals surface area contributed by atoms with Crippen molar-refractivity contribution in [3.8, 4) is 0 Å². The number of piperidine rings is 1. The molecule has 0 atom stereocenters. The number of amides is 1. The third kappa shape index (κ3) is 3.83. The van der Waals surface area contributed by atoms with Crippen molar-refractivity contribution in [1.82, 2.24) is 9.80 Å². The Balaban J connectivity index is 2.03. The molecule has 1 aliphatic heterocycles. The summed E-state index contributed by atoms with van der Waals surface area (Å²) in [5, 5.41) is 0. The molecule has 1 aromatic rings. The molecule has 0 radical (unpaired) electrons. The second-order valence-electron chi connectivity index (χ2n) is 5.90. The van der Waals surface area contributed by atoms with E-state index in [1.54, 1.807) is 24.1 Å². The summed E-state index contributed by atoms with van der Waals surface area (Å²) in [5.41, 5.74) is 0.145. The number of likely N-dealkylation sites (tertiary alicyclic amines) is 1. The molecule has 21 heavy (non-hydrogen) atoms. The molecule has 1 saturated heterocycles. The standard InChI is InChI=1S/C16H22BrFN2O/c1-11(2)20-8-6-13(7-9-20)19(3)16(21)14-5-4-12(17)10-15(14)18/h4-5,10-11,13H,6-9H2,1-3H3. The molecular weight excluding hydrogens is 335 g/mol. The molecule has 0 N–H and O–H groups in total. The van der Waals surface area contributed by atoms with Crippen LogP contribution >= 0.6 is 15.9 Å². The Labute approximate surface area is 134 Å². The van der Waals surface area contributed by atoms with Crippen molar-refractivity contribution in [2.24, 2.45) is 0 Å². The number of carbonyl (C=O) groups excluding carboxylic acids is 1. The lowest BCUT2D eigenvalue weighted by Gasteiger charge is -2.38. The summed E-state index contributed by atoms with van der Waals surface area (Å²) in [7, 11) is 1.78. The smallest absolute Gasteiger partial charge is 0.256 e. The van der Waals surface area contributed by atoms with Crippen molar-refractivity contribution in [2.45, 2.75) is 38.8 Å². The summed E-state index contributed by atoms with van der Waals surface area (Å²) in [5.74, 6) is -0.705. The van der Waals surface area contributed by atoms with Crippen LogP contribution in [0.1, 0.15) is 37.0 Å². The molecule has 1 heterocycles. The molecule has 5 heteroatoms. The zero-order valence-corrected chi connectivity index (χ0v) is 14.4. The van der Waals surface area contributed by atoms with Crippen molar-refractivity contribution in [1.29, 1.82) is 0 Å². The largest absolute Gasteiger partial charge is 0.339 e. The average molecular weight is 357 g/mol. The van der Waals surface area contributed by atoms with Gasteiger partial charge < -0.3 is 9.80 Å². The summed E-state index contributed by atoms with van der Waals surface area (Å²) in [4.78, 5) is 16.6. The zero-order chi connectivity index (χ0) is 15.6. The molecule has 1 aliphatic rings. The number of benzene rings is 1. The van der Waals surface area contributed by atoms with Gasteiger partial charge in [-0.3, -0.25) is 4.79 Å². The van der Waals surface area contributed by atoms with E-state index in [4.69, 9.17) is 0 Å². The SMILES string of the molecule is CC(C)N1CCC(N(C)C(=O)c2ccc(Br)cc2F)CC1. The molecule has 0 unspecified atom stereocenters. The lowest BCUT2D eigenvalue weighted by atomic mass is 10.0. The number of halogens is 2. The molecule has 1 amide bonds. The van der Waals surface area contributed by atoms with E-state index in [1.807, 2.05) is 0 Å². The highest BCUT2D eigenvalue weighted by Gasteiger charge is 2.27. The van der Waals surface area contributed by atoms with Crippen molar-refractivity contribution < 1.29 is 9.18 Å². The second kappa shape index (κ2) is 6.88. The Morgan fingerprint density at radius 1 is 1.38 bits per heavy atom. The molecule has 1 aromatic carbocycles. The van der Waals surface area contributed by atoms with Crippen LogP contribution < -0.4 is 0 Å². The summed E-state index contributed by atoms with van der Waals surface area (Å²) >= 11 is 3.21. The third-order valence-electron chi connectivity index (χ3n) is 4.26. The highest BCUT2D eigenvalue weighted by Crippen LogP contribution is 2.21. The highest BCUT2D eigenvalue weighted by atomic mass is 79.9. The predicted octanol–water partition coefficient (Wildman–Crippen LogP) is 3.53. The van der Waals surface area contributed by atoms with Gasteiger partial charge in [0.2, 0.25) is 0 Å². The average Bonchev–Trinajstić information content (AvgIpc) is 2.46. The van der Waals surface area contributed by atoms with Crippen LogP contribution in [0.2, 0.25) is 0 Å². The fourth-order valence-electron chi connectivity index (χ4n) is 2.81. The molecular formula is C16H22BrFN2O. The lowest BCUT2D eigenvalue weighted by Crippen LogP contribution is -2.47. The van der Waals surface area contributed by atoms with Crippen LogP contribution in [0.5, 0.6) is 0 Å². The molecule has 0 saturated carbocycles. The maximum Gasteiger partial charge on any atom is 0.256 e. The van der Waals surface area contributed by atoms with Gasteiger partial charge in [0, 0.05) is 36.7 Å². The minimum atomic E-state index is -0.471. The lowest BCUT2D eigenvalue weighted by molar-refractivity contribution is 0.0611. The van der Waals surface area contributed by atoms with Gasteiger partial charge in [-0.1, -0.05) is 15.9 Å². The topological polar surface area (TPSA) is 23.6 Å². The van der Waals surface area contributed by atoms with E-state index < -0.39 is 5.82 Å². The molecule has 116 valence electrons. The summed E-state index contributed by atoms with van der Waals surface area (Å²) < 4.78 is 14.6. The van der Waals surface area contributed by atoms with Gasteiger partial charge in [-0.05, 0) is 44.9 Å². The van der Waals surface area contributed by atoms with Gasteiger partial charge in [0.25, 0.3) is 5.91 Å². The number of hydrogen-bond donors (Lipinski definition) is 0. The highest BCUT2D eigenvalue weighted by molar-refractivity contribution is 9.10. The number of hydrogen-bond acceptors (Lipinski definition) is 2. The molecule has 0 aliphatic carbocycles. The van der Waals surface area contributed by atoms with Gasteiger partial charge >= 0.3 is 0 Å². The number of carbonyl (C=O) groups is 1. The van der Waals surface area contributed by atoms with Crippen LogP contribution in [0, 0.1) is 5.82 Å². The Morgan fingerprint density at radius 3 is 2.52 bits per heavy atom. The monoisotopic (exact) mass is 356 g/mol. The van der Waals surface area contributed by atoms with Crippen LogP contribution in [0.25, 0.3) is 0 Å². The Kier molecular flexibility index (Phi) is 5.38. The molecule has 0 spiro atoms. The quantitative estimate of drug-likeness (QED) is 0.826. The number of nitrogens with zero attached hydrogens (tertiary/aromatic N) is 2. The first-order valence-corrected chi connectivity index (χ1v) is 8.15. The van der Waals surface area contributed by atoms with Gasteiger partial charge in [0.15, 0.2) is 0 Å². The first kappa shape index (κ1) is 16.4. The van der Waals surface area contributed by atoms with E-state index in [0.717, 1.165) is 25.9 Å². The minimum Gasteiger partial charge on any atom is -0.339 e. The fourth-order valence-corrected chi connectivity index (χ4v) is 3.14. The second-order valence-corrected chi connectivity index (χ2v) is 6.82. The van der Waals surface area contributed by atoms with Crippen molar-refractivity contribution in [2.75, 3.05) is 20.1 Å². The van der Waals surface area contributed by atoms with Crippen LogP contribution in [0.3, 0.4) is 0 Å². The van der Waals surface area contributed by atoms with Gasteiger partial charge in [-0.15, -0.1) is 0 Å². The van der Waals surface area contributed by atoms with Crippen molar-refractivity contribution >= 4 is 21.8 Å². The van der Waals surface area contributed by atoms with E-state index in [2.05, 4.69) is 34.7 Å². The molecule has 1 fully saturated rings. The van der Waals surface area contributed by atoms with Crippen molar-refractivity contribution in [3.63, 3.8) is 0 Å². The maximum absolute atomic E-state index is 13.9. The normalized spacial score (nSPS) is 17.2. The minimum absolute atomic E-state index is 0.145. The molecule has 3 nitrogen and oxygen atoms in total. The Bertz CT molecular complexity index is 513. The zero-order valence-electron chi connectivity index (χ0n) is 12.8. The van der Waals surface area contributed by atoms with Gasteiger partial charge in [-0.25, -0.2) is 4.39 Å². The Hall–Kier alpha value is -0.940. The van der Waals surface area contributed by atoms with Gasteiger partial charge in [0.05, 0.1) is 5.56 Å². The van der Waals surface area contributed by atoms with Crippen LogP contribution in [-0.4, -0.2) is 47.9 Å². The van der Waals surface area contributed by atoms with Gasteiger partial charge in [0.1, 0.15) is 5.82 Å². The van der Waals surface area contributed by atoms with E-state index >= 15 is 0 Å². The molecule has 0 bridgehead atoms. The van der Waals surface area contributed by atoms with Crippen LogP contribution in [-0.2, 0) is 0 Å². The Morgan fingerprint density at radius 2 is 2.00 bits per heavy atom. The predicted molar refractivity (Wildman–Crippen MR) is 85.9 cm³/mol. The van der Waals surface area contributed by atoms with E-state index in [1.165, 1.54) is 6.07 Å². The van der Waals surface area contributed by atoms with E-state index in [0.29, 0.717) is 10.5 Å². The van der Waals surface area contributed by atoms with Crippen LogP contribution in [0.4, 0.5) is 4.39 Å². The number of rotatable bonds is 3. The fraction of sp³-hybridized carbons (Fsp3) is 0.562. The van der Waals surface area contributed by atoms with Crippen LogP contribution in [0.15, 0.2) is 22.7 Å².